The maximum Gasteiger partial charge on any atom is 0.332 e. The fourth-order valence-electron chi connectivity index (χ4n) is 1.46. The Kier molecular flexibility index (Phi) is 9.03. The highest BCUT2D eigenvalue weighted by Crippen LogP contribution is 2.32. The number of Topliss-reactive ketones (excluding diaryl/α,β-unsaturated/α-hetero) is 1. The van der Waals surface area contributed by atoms with Crippen molar-refractivity contribution in [2.45, 2.75) is 46.6 Å². The number of ketones is 1. The summed E-state index contributed by atoms with van der Waals surface area (Å²) in [5.74, 6) is -7.42. The summed E-state index contributed by atoms with van der Waals surface area (Å²) in [5, 5.41) is 10.7. The number of hydrogen-bond donors (Lipinski definition) is 2. The van der Waals surface area contributed by atoms with Gasteiger partial charge in [0.05, 0.1) is 0 Å². The zero-order valence-corrected chi connectivity index (χ0v) is 15.3. The van der Waals surface area contributed by atoms with Gasteiger partial charge in [-0.05, 0) is 19.1 Å². The Balaban J connectivity index is 0.000000896. The van der Waals surface area contributed by atoms with Crippen LogP contribution >= 0.6 is 0 Å². The number of carbonyl (C=O) groups excluding carboxylic acids is 2. The van der Waals surface area contributed by atoms with Crippen molar-refractivity contribution in [1.29, 1.82) is 0 Å². The number of carboxylic acids is 1. The molecule has 0 saturated carbocycles. The van der Waals surface area contributed by atoms with Crippen molar-refractivity contribution in [2.24, 2.45) is 11.8 Å². The summed E-state index contributed by atoms with van der Waals surface area (Å²) in [6.07, 6.45) is 0. The van der Waals surface area contributed by atoms with Gasteiger partial charge in [-0.25, -0.2) is 9.18 Å². The predicted octanol–water partition coefficient (Wildman–Crippen LogP) is 3.37. The summed E-state index contributed by atoms with van der Waals surface area (Å²) in [5.41, 5.74) is -0.685. The molecule has 2 N–H and O–H groups in total. The number of aliphatic carboxylic acids is 1. The van der Waals surface area contributed by atoms with E-state index in [0.29, 0.717) is 0 Å². The molecule has 1 amide bonds. The van der Waals surface area contributed by atoms with E-state index in [1.165, 1.54) is 13.8 Å². The third-order valence-electron chi connectivity index (χ3n) is 3.46. The second-order valence-corrected chi connectivity index (χ2v) is 6.33. The first-order chi connectivity index (χ1) is 11.8. The number of amides is 1. The van der Waals surface area contributed by atoms with E-state index in [4.69, 9.17) is 5.11 Å². The van der Waals surface area contributed by atoms with Gasteiger partial charge < -0.3 is 10.4 Å². The number of rotatable bonds is 6. The van der Waals surface area contributed by atoms with Gasteiger partial charge in [-0.2, -0.15) is 8.78 Å². The van der Waals surface area contributed by atoms with E-state index in [1.54, 1.807) is 12.2 Å². The molecule has 0 aliphatic carbocycles. The summed E-state index contributed by atoms with van der Waals surface area (Å²) in [6, 6.07) is 0.751. The minimum Gasteiger partial charge on any atom is -0.480 e. The minimum absolute atomic E-state index is 0.213. The van der Waals surface area contributed by atoms with E-state index < -0.39 is 41.1 Å². The van der Waals surface area contributed by atoms with Crippen LogP contribution in [0.1, 0.15) is 40.2 Å². The van der Waals surface area contributed by atoms with E-state index in [0.717, 1.165) is 24.3 Å². The van der Waals surface area contributed by atoms with Crippen LogP contribution < -0.4 is 5.32 Å². The van der Waals surface area contributed by atoms with Crippen molar-refractivity contribution < 1.29 is 32.7 Å². The molecular weight excluding hydrogens is 351 g/mol. The zero-order chi connectivity index (χ0) is 20.7. The number of carbonyl (C=O) groups is 3. The fourth-order valence-corrected chi connectivity index (χ4v) is 1.46. The van der Waals surface area contributed by atoms with Crippen LogP contribution in [0.15, 0.2) is 24.3 Å². The fraction of sp³-hybridized carbons (Fsp3) is 0.500. The molecule has 1 rings (SSSR count). The van der Waals surface area contributed by atoms with Crippen molar-refractivity contribution in [3.05, 3.63) is 35.6 Å². The van der Waals surface area contributed by atoms with E-state index in [1.807, 2.05) is 13.8 Å². The molecule has 1 aromatic rings. The lowest BCUT2D eigenvalue weighted by Crippen LogP contribution is -2.52. The van der Waals surface area contributed by atoms with Gasteiger partial charge in [0.2, 0.25) is 5.91 Å². The average Bonchev–Trinajstić information content (AvgIpc) is 2.52. The molecular formula is C18H24F3NO4. The first-order valence-electron chi connectivity index (χ1n) is 7.98. The number of carboxylic acid groups (broad SMARTS) is 1. The Morgan fingerprint density at radius 1 is 1.00 bits per heavy atom. The number of alkyl halides is 2. The molecule has 0 fully saturated rings. The van der Waals surface area contributed by atoms with Gasteiger partial charge in [0.15, 0.2) is 6.04 Å². The van der Waals surface area contributed by atoms with E-state index in [-0.39, 0.29) is 11.7 Å². The maximum atomic E-state index is 14.1. The van der Waals surface area contributed by atoms with Crippen LogP contribution in [0.5, 0.6) is 0 Å². The van der Waals surface area contributed by atoms with Gasteiger partial charge in [0.1, 0.15) is 11.6 Å². The standard InChI is InChI=1S/C13H14F3NO3.C5H10O/c1-7(2)11(18)17-10(12(19)20)13(15,16)8-3-5-9(14)6-4-8;1-4(2)5(3)6/h3-7,10H,1-2H3,(H,17,18)(H,19,20);4H,1-3H3. The highest BCUT2D eigenvalue weighted by atomic mass is 19.3. The normalized spacial score (nSPS) is 12.2. The topological polar surface area (TPSA) is 83.5 Å². The maximum absolute atomic E-state index is 14.1. The smallest absolute Gasteiger partial charge is 0.332 e. The summed E-state index contributed by atoms with van der Waals surface area (Å²) < 4.78 is 40.9. The molecule has 146 valence electrons. The van der Waals surface area contributed by atoms with Crippen molar-refractivity contribution in [2.75, 3.05) is 0 Å². The highest BCUT2D eigenvalue weighted by molar-refractivity contribution is 5.85. The quantitative estimate of drug-likeness (QED) is 0.799. The SMILES string of the molecule is CC(=O)C(C)C.CC(C)C(=O)NC(C(=O)O)C(F)(F)c1ccc(F)cc1. The van der Waals surface area contributed by atoms with Crippen LogP contribution in [0.4, 0.5) is 13.2 Å². The van der Waals surface area contributed by atoms with Gasteiger partial charge in [0, 0.05) is 17.4 Å². The predicted molar refractivity (Wildman–Crippen MR) is 90.2 cm³/mol. The van der Waals surface area contributed by atoms with Gasteiger partial charge in [-0.3, -0.25) is 9.59 Å². The molecule has 26 heavy (non-hydrogen) atoms. The molecule has 5 nitrogen and oxygen atoms in total. The summed E-state index contributed by atoms with van der Waals surface area (Å²) in [4.78, 5) is 32.5. The molecule has 0 aliphatic rings. The molecule has 0 aliphatic heterocycles. The monoisotopic (exact) mass is 375 g/mol. The lowest BCUT2D eigenvalue weighted by atomic mass is 10.00. The molecule has 1 aromatic carbocycles. The molecule has 0 aromatic heterocycles. The lowest BCUT2D eigenvalue weighted by Gasteiger charge is -2.25. The molecule has 1 unspecified atom stereocenters. The molecule has 0 radical (unpaired) electrons. The van der Waals surface area contributed by atoms with Gasteiger partial charge in [-0.1, -0.05) is 39.8 Å². The van der Waals surface area contributed by atoms with E-state index >= 15 is 0 Å². The third kappa shape index (κ3) is 7.25. The number of nitrogens with one attached hydrogen (secondary N) is 1. The highest BCUT2D eigenvalue weighted by Gasteiger charge is 2.47. The Morgan fingerprint density at radius 2 is 1.42 bits per heavy atom. The molecule has 0 saturated heterocycles. The number of benzene rings is 1. The van der Waals surface area contributed by atoms with Crippen molar-refractivity contribution in [3.63, 3.8) is 0 Å². The second-order valence-electron chi connectivity index (χ2n) is 6.33. The first kappa shape index (κ1) is 23.6. The van der Waals surface area contributed by atoms with E-state index in [9.17, 15) is 27.6 Å². The van der Waals surface area contributed by atoms with Crippen molar-refractivity contribution in [3.8, 4) is 0 Å². The van der Waals surface area contributed by atoms with E-state index in [2.05, 4.69) is 0 Å². The van der Waals surface area contributed by atoms with Crippen molar-refractivity contribution >= 4 is 17.7 Å². The van der Waals surface area contributed by atoms with Crippen LogP contribution in [0.25, 0.3) is 0 Å². The van der Waals surface area contributed by atoms with Gasteiger partial charge in [0.25, 0.3) is 0 Å². The molecule has 0 spiro atoms. The molecule has 1 atom stereocenters. The Labute approximate surface area is 150 Å². The summed E-state index contributed by atoms with van der Waals surface area (Å²) in [6.45, 7) is 8.28. The van der Waals surface area contributed by atoms with Crippen LogP contribution in [0.2, 0.25) is 0 Å². The van der Waals surface area contributed by atoms with Crippen LogP contribution in [-0.2, 0) is 20.3 Å². The largest absolute Gasteiger partial charge is 0.480 e. The Morgan fingerprint density at radius 3 is 1.73 bits per heavy atom. The first-order valence-corrected chi connectivity index (χ1v) is 7.98. The zero-order valence-electron chi connectivity index (χ0n) is 15.3. The van der Waals surface area contributed by atoms with Crippen molar-refractivity contribution in [1.82, 2.24) is 5.32 Å². The van der Waals surface area contributed by atoms with Gasteiger partial charge >= 0.3 is 11.9 Å². The number of hydrogen-bond acceptors (Lipinski definition) is 3. The summed E-state index contributed by atoms with van der Waals surface area (Å²) in [7, 11) is 0. The molecule has 0 heterocycles. The lowest BCUT2D eigenvalue weighted by molar-refractivity contribution is -0.155. The Bertz CT molecular complexity index is 628. The minimum atomic E-state index is -3.86. The Hall–Kier alpha value is -2.38. The van der Waals surface area contributed by atoms with Crippen LogP contribution in [0.3, 0.4) is 0 Å². The average molecular weight is 375 g/mol. The summed E-state index contributed by atoms with van der Waals surface area (Å²) >= 11 is 0. The van der Waals surface area contributed by atoms with Gasteiger partial charge in [-0.15, -0.1) is 0 Å². The number of halogens is 3. The second kappa shape index (κ2) is 9.94. The third-order valence-corrected chi connectivity index (χ3v) is 3.46. The van der Waals surface area contributed by atoms with Crippen LogP contribution in [0, 0.1) is 17.7 Å². The van der Waals surface area contributed by atoms with Crippen LogP contribution in [-0.4, -0.2) is 28.8 Å². The molecule has 8 heteroatoms. The molecule has 0 bridgehead atoms.